The van der Waals surface area contributed by atoms with Gasteiger partial charge in [-0.15, -0.1) is 11.3 Å². The zero-order chi connectivity index (χ0) is 23.1. The standard InChI is InChI=1S/C23H27N3O4S2/c1-4-26(5-2)32(28,29)18-13-10-17(11-14-18)12-15-22(27)25-23-24-20(16-31-23)19-8-6-7-9-21(19)30-3/h6-11,13-14,16H,4-5,12,15H2,1-3H3,(H,24,25,27). The van der Waals surface area contributed by atoms with Gasteiger partial charge in [0.2, 0.25) is 15.9 Å². The molecule has 3 rings (SSSR count). The molecule has 0 bridgehead atoms. The zero-order valence-electron chi connectivity index (χ0n) is 18.4. The summed E-state index contributed by atoms with van der Waals surface area (Å²) in [4.78, 5) is 17.1. The van der Waals surface area contributed by atoms with Crippen LogP contribution in [-0.4, -0.2) is 43.8 Å². The lowest BCUT2D eigenvalue weighted by atomic mass is 10.1. The van der Waals surface area contributed by atoms with Gasteiger partial charge in [0.05, 0.1) is 17.7 Å². The Morgan fingerprint density at radius 3 is 2.44 bits per heavy atom. The molecule has 0 radical (unpaired) electrons. The highest BCUT2D eigenvalue weighted by atomic mass is 32.2. The van der Waals surface area contributed by atoms with Crippen molar-refractivity contribution in [2.75, 3.05) is 25.5 Å². The molecule has 1 heterocycles. The Morgan fingerprint density at radius 2 is 1.78 bits per heavy atom. The van der Waals surface area contributed by atoms with Gasteiger partial charge in [0.1, 0.15) is 5.75 Å². The molecule has 170 valence electrons. The van der Waals surface area contributed by atoms with Gasteiger partial charge < -0.3 is 10.1 Å². The van der Waals surface area contributed by atoms with E-state index >= 15 is 0 Å². The van der Waals surface area contributed by atoms with Crippen LogP contribution in [0.4, 0.5) is 5.13 Å². The topological polar surface area (TPSA) is 88.6 Å². The number of thiazole rings is 1. The third-order valence-corrected chi connectivity index (χ3v) is 7.86. The Morgan fingerprint density at radius 1 is 1.09 bits per heavy atom. The van der Waals surface area contributed by atoms with Crippen LogP contribution >= 0.6 is 11.3 Å². The molecule has 0 unspecified atom stereocenters. The van der Waals surface area contributed by atoms with Gasteiger partial charge in [0.25, 0.3) is 0 Å². The Kier molecular flexibility index (Phi) is 8.00. The number of hydrogen-bond donors (Lipinski definition) is 1. The van der Waals surface area contributed by atoms with Gasteiger partial charge in [-0.25, -0.2) is 13.4 Å². The predicted octanol–water partition coefficient (Wildman–Crippen LogP) is 4.42. The number of amides is 1. The Bertz CT molecular complexity index is 1150. The second kappa shape index (κ2) is 10.7. The molecule has 0 aliphatic heterocycles. The molecule has 3 aromatic rings. The van der Waals surface area contributed by atoms with Crippen molar-refractivity contribution in [3.63, 3.8) is 0 Å². The molecule has 0 fully saturated rings. The number of ether oxygens (including phenoxy) is 1. The molecule has 0 atom stereocenters. The largest absolute Gasteiger partial charge is 0.496 e. The number of carbonyl (C=O) groups excluding carboxylic acids is 1. The number of rotatable bonds is 10. The fourth-order valence-corrected chi connectivity index (χ4v) is 5.48. The summed E-state index contributed by atoms with van der Waals surface area (Å²) < 4.78 is 31.9. The highest BCUT2D eigenvalue weighted by Gasteiger charge is 2.21. The molecule has 1 N–H and O–H groups in total. The van der Waals surface area contributed by atoms with Gasteiger partial charge in [-0.05, 0) is 36.2 Å². The van der Waals surface area contributed by atoms with Crippen molar-refractivity contribution in [1.29, 1.82) is 0 Å². The maximum atomic E-state index is 12.6. The van der Waals surface area contributed by atoms with Crippen LogP contribution in [0.15, 0.2) is 58.8 Å². The van der Waals surface area contributed by atoms with E-state index < -0.39 is 10.0 Å². The van der Waals surface area contributed by atoms with E-state index in [0.717, 1.165) is 22.6 Å². The number of anilines is 1. The van der Waals surface area contributed by atoms with Gasteiger partial charge >= 0.3 is 0 Å². The molecule has 1 aromatic heterocycles. The summed E-state index contributed by atoms with van der Waals surface area (Å²) in [6.07, 6.45) is 0.772. The number of aryl methyl sites for hydroxylation is 1. The highest BCUT2D eigenvalue weighted by Crippen LogP contribution is 2.31. The number of para-hydroxylation sites is 1. The van der Waals surface area contributed by atoms with Crippen molar-refractivity contribution >= 4 is 32.4 Å². The number of benzene rings is 2. The van der Waals surface area contributed by atoms with Gasteiger partial charge in [0, 0.05) is 30.5 Å². The second-order valence-corrected chi connectivity index (χ2v) is 9.82. The monoisotopic (exact) mass is 473 g/mol. The first-order valence-corrected chi connectivity index (χ1v) is 12.7. The van der Waals surface area contributed by atoms with E-state index in [4.69, 9.17) is 4.74 Å². The fourth-order valence-electron chi connectivity index (χ4n) is 3.29. The normalized spacial score (nSPS) is 11.5. The van der Waals surface area contributed by atoms with Gasteiger partial charge in [-0.1, -0.05) is 38.1 Å². The van der Waals surface area contributed by atoms with Crippen molar-refractivity contribution in [3.05, 3.63) is 59.5 Å². The summed E-state index contributed by atoms with van der Waals surface area (Å²) in [5, 5.41) is 5.23. The quantitative estimate of drug-likeness (QED) is 0.471. The summed E-state index contributed by atoms with van der Waals surface area (Å²) in [5.74, 6) is 0.577. The molecule has 0 spiro atoms. The molecule has 9 heteroatoms. The van der Waals surface area contributed by atoms with Crippen molar-refractivity contribution in [2.45, 2.75) is 31.6 Å². The summed E-state index contributed by atoms with van der Waals surface area (Å²) in [6, 6.07) is 14.3. The molecular formula is C23H27N3O4S2. The predicted molar refractivity (Wildman–Crippen MR) is 128 cm³/mol. The van der Waals surface area contributed by atoms with Gasteiger partial charge in [-0.2, -0.15) is 4.31 Å². The third kappa shape index (κ3) is 5.53. The summed E-state index contributed by atoms with van der Waals surface area (Å²) in [7, 11) is -1.87. The van der Waals surface area contributed by atoms with Crippen LogP contribution in [0, 0.1) is 0 Å². The van der Waals surface area contributed by atoms with E-state index in [1.807, 2.05) is 43.5 Å². The Balaban J connectivity index is 1.58. The Labute approximate surface area is 193 Å². The summed E-state index contributed by atoms with van der Waals surface area (Å²) in [6.45, 7) is 4.48. The second-order valence-electron chi connectivity index (χ2n) is 7.02. The van der Waals surface area contributed by atoms with Crippen molar-refractivity contribution < 1.29 is 17.9 Å². The molecule has 32 heavy (non-hydrogen) atoms. The molecular weight excluding hydrogens is 446 g/mol. The first-order valence-electron chi connectivity index (χ1n) is 10.4. The van der Waals surface area contributed by atoms with Gasteiger partial charge in [-0.3, -0.25) is 4.79 Å². The summed E-state index contributed by atoms with van der Waals surface area (Å²) >= 11 is 1.36. The van der Waals surface area contributed by atoms with Crippen molar-refractivity contribution in [1.82, 2.24) is 9.29 Å². The first kappa shape index (κ1) is 23.9. The van der Waals surface area contributed by atoms with Crippen LogP contribution in [0.25, 0.3) is 11.3 Å². The van der Waals surface area contributed by atoms with E-state index in [2.05, 4.69) is 10.3 Å². The molecule has 0 saturated carbocycles. The van der Waals surface area contributed by atoms with E-state index in [1.165, 1.54) is 15.6 Å². The number of methoxy groups -OCH3 is 1. The van der Waals surface area contributed by atoms with Crippen LogP contribution in [0.2, 0.25) is 0 Å². The molecule has 7 nitrogen and oxygen atoms in total. The van der Waals surface area contributed by atoms with Crippen LogP contribution < -0.4 is 10.1 Å². The number of aromatic nitrogens is 1. The van der Waals surface area contributed by atoms with E-state index in [9.17, 15) is 13.2 Å². The molecule has 1 amide bonds. The van der Waals surface area contributed by atoms with Crippen molar-refractivity contribution in [2.24, 2.45) is 0 Å². The maximum Gasteiger partial charge on any atom is 0.243 e. The number of hydrogen-bond acceptors (Lipinski definition) is 6. The molecule has 0 saturated heterocycles. The summed E-state index contributed by atoms with van der Waals surface area (Å²) in [5.41, 5.74) is 2.51. The van der Waals surface area contributed by atoms with E-state index in [-0.39, 0.29) is 17.2 Å². The average molecular weight is 474 g/mol. The highest BCUT2D eigenvalue weighted by molar-refractivity contribution is 7.89. The van der Waals surface area contributed by atoms with E-state index in [1.54, 1.807) is 31.4 Å². The molecule has 0 aliphatic rings. The lowest BCUT2D eigenvalue weighted by Gasteiger charge is -2.18. The SMILES string of the molecule is CCN(CC)S(=O)(=O)c1ccc(CCC(=O)Nc2nc(-c3ccccc3OC)cs2)cc1. The average Bonchev–Trinajstić information content (AvgIpc) is 3.26. The minimum absolute atomic E-state index is 0.147. The minimum atomic E-state index is -3.48. The number of carbonyl (C=O) groups is 1. The lowest BCUT2D eigenvalue weighted by Crippen LogP contribution is -2.30. The van der Waals surface area contributed by atoms with Gasteiger partial charge in [0.15, 0.2) is 5.13 Å². The molecule has 2 aromatic carbocycles. The molecule has 0 aliphatic carbocycles. The van der Waals surface area contributed by atoms with Crippen LogP contribution in [0.3, 0.4) is 0 Å². The van der Waals surface area contributed by atoms with Crippen LogP contribution in [-0.2, 0) is 21.2 Å². The zero-order valence-corrected chi connectivity index (χ0v) is 20.0. The number of sulfonamides is 1. The van der Waals surface area contributed by atoms with Crippen LogP contribution in [0.1, 0.15) is 25.8 Å². The number of nitrogens with one attached hydrogen (secondary N) is 1. The lowest BCUT2D eigenvalue weighted by molar-refractivity contribution is -0.116. The smallest absolute Gasteiger partial charge is 0.243 e. The van der Waals surface area contributed by atoms with E-state index in [0.29, 0.717) is 24.6 Å². The number of nitrogens with zero attached hydrogens (tertiary/aromatic N) is 2. The Hall–Kier alpha value is -2.75. The minimum Gasteiger partial charge on any atom is -0.496 e. The third-order valence-electron chi connectivity index (χ3n) is 5.04. The van der Waals surface area contributed by atoms with Crippen molar-refractivity contribution in [3.8, 4) is 17.0 Å². The van der Waals surface area contributed by atoms with Crippen LogP contribution in [0.5, 0.6) is 5.75 Å². The first-order chi connectivity index (χ1) is 15.4. The maximum absolute atomic E-state index is 12.6. The fraction of sp³-hybridized carbons (Fsp3) is 0.304.